The largest absolute Gasteiger partial charge is 0.390 e. The molecule has 1 N–H and O–H groups in total. The number of halogens is 2. The van der Waals surface area contributed by atoms with E-state index in [1.807, 2.05) is 0 Å². The number of aliphatic hydroxyl groups excluding tert-OH is 1. The lowest BCUT2D eigenvalue weighted by Gasteiger charge is -2.33. The van der Waals surface area contributed by atoms with Gasteiger partial charge >= 0.3 is 0 Å². The highest BCUT2D eigenvalue weighted by molar-refractivity contribution is 6.30. The van der Waals surface area contributed by atoms with Gasteiger partial charge in [0.1, 0.15) is 5.82 Å². The van der Waals surface area contributed by atoms with Gasteiger partial charge in [-0.25, -0.2) is 4.39 Å². The van der Waals surface area contributed by atoms with Crippen LogP contribution < -0.4 is 0 Å². The summed E-state index contributed by atoms with van der Waals surface area (Å²) in [6.45, 7) is 0. The van der Waals surface area contributed by atoms with Crippen LogP contribution in [-0.2, 0) is 11.2 Å². The second-order valence-electron chi connectivity index (χ2n) is 4.91. The second kappa shape index (κ2) is 5.55. The molecule has 0 heterocycles. The predicted octanol–water partition coefficient (Wildman–Crippen LogP) is 3.34. The van der Waals surface area contributed by atoms with Crippen molar-refractivity contribution in [3.05, 3.63) is 34.6 Å². The molecule has 2 nitrogen and oxygen atoms in total. The van der Waals surface area contributed by atoms with Crippen LogP contribution in [0.15, 0.2) is 18.2 Å². The first-order valence-electron chi connectivity index (χ1n) is 6.25. The number of hydrogen-bond donors (Lipinski definition) is 1. The van der Waals surface area contributed by atoms with Crippen molar-refractivity contribution in [1.29, 1.82) is 0 Å². The molecule has 2 rings (SSSR count). The topological polar surface area (TPSA) is 29.5 Å². The minimum atomic E-state index is -0.696. The fourth-order valence-corrected chi connectivity index (χ4v) is 2.94. The van der Waals surface area contributed by atoms with Crippen LogP contribution in [0.25, 0.3) is 0 Å². The first-order chi connectivity index (χ1) is 8.59. The minimum Gasteiger partial charge on any atom is -0.390 e. The van der Waals surface area contributed by atoms with Crippen molar-refractivity contribution in [2.75, 3.05) is 7.11 Å². The maximum absolute atomic E-state index is 13.8. The lowest BCUT2D eigenvalue weighted by Crippen LogP contribution is -2.43. The third kappa shape index (κ3) is 2.53. The van der Waals surface area contributed by atoms with E-state index < -0.39 is 17.5 Å². The molecule has 0 aromatic heterocycles. The number of methoxy groups -OCH3 is 1. The molecule has 0 spiro atoms. The van der Waals surface area contributed by atoms with Crippen LogP contribution in [0.3, 0.4) is 0 Å². The molecule has 0 amide bonds. The van der Waals surface area contributed by atoms with E-state index in [1.165, 1.54) is 6.07 Å². The molecular weight excluding hydrogens is 255 g/mol. The summed E-state index contributed by atoms with van der Waals surface area (Å²) >= 11 is 5.74. The number of hydrogen-bond acceptors (Lipinski definition) is 2. The van der Waals surface area contributed by atoms with E-state index in [0.29, 0.717) is 5.56 Å². The van der Waals surface area contributed by atoms with E-state index in [2.05, 4.69) is 0 Å². The third-order valence-corrected chi connectivity index (χ3v) is 4.20. The lowest BCUT2D eigenvalue weighted by atomic mass is 9.89. The molecule has 1 aliphatic carbocycles. The Morgan fingerprint density at radius 3 is 2.72 bits per heavy atom. The fraction of sp³-hybridized carbons (Fsp3) is 0.571. The van der Waals surface area contributed by atoms with Gasteiger partial charge in [-0.1, -0.05) is 36.6 Å². The van der Waals surface area contributed by atoms with Gasteiger partial charge in [0.15, 0.2) is 0 Å². The van der Waals surface area contributed by atoms with Crippen molar-refractivity contribution < 1.29 is 14.2 Å². The van der Waals surface area contributed by atoms with Crippen molar-refractivity contribution in [1.82, 2.24) is 0 Å². The molecule has 0 radical (unpaired) electrons. The van der Waals surface area contributed by atoms with Gasteiger partial charge in [-0.05, 0) is 24.5 Å². The van der Waals surface area contributed by atoms with Crippen LogP contribution in [0.2, 0.25) is 5.02 Å². The van der Waals surface area contributed by atoms with Gasteiger partial charge in [0, 0.05) is 13.5 Å². The monoisotopic (exact) mass is 272 g/mol. The molecule has 1 aromatic carbocycles. The van der Waals surface area contributed by atoms with E-state index >= 15 is 0 Å². The van der Waals surface area contributed by atoms with Crippen molar-refractivity contribution in [3.8, 4) is 0 Å². The second-order valence-corrected chi connectivity index (χ2v) is 5.32. The van der Waals surface area contributed by atoms with Gasteiger partial charge in [-0.3, -0.25) is 0 Å². The van der Waals surface area contributed by atoms with Crippen LogP contribution in [0.5, 0.6) is 0 Å². The Balaban J connectivity index is 2.15. The summed E-state index contributed by atoms with van der Waals surface area (Å²) in [7, 11) is 1.61. The van der Waals surface area contributed by atoms with Gasteiger partial charge in [-0.15, -0.1) is 0 Å². The highest BCUT2D eigenvalue weighted by Crippen LogP contribution is 2.37. The molecule has 100 valence electrons. The normalized spacial score (nSPS) is 20.0. The summed E-state index contributed by atoms with van der Waals surface area (Å²) < 4.78 is 19.3. The van der Waals surface area contributed by atoms with E-state index in [0.717, 1.165) is 25.7 Å². The van der Waals surface area contributed by atoms with Gasteiger partial charge in [-0.2, -0.15) is 0 Å². The van der Waals surface area contributed by atoms with Gasteiger partial charge < -0.3 is 9.84 Å². The SMILES string of the molecule is COC1(C(O)Cc2cccc(Cl)c2F)CCCC1. The fourth-order valence-electron chi connectivity index (χ4n) is 2.75. The summed E-state index contributed by atoms with van der Waals surface area (Å²) in [6, 6.07) is 4.86. The standard InChI is InChI=1S/C14H18ClFO2/c1-18-14(7-2-3-8-14)12(17)9-10-5-4-6-11(15)13(10)16/h4-6,12,17H,2-3,7-9H2,1H3. The molecule has 1 atom stereocenters. The zero-order valence-electron chi connectivity index (χ0n) is 10.5. The number of aliphatic hydroxyl groups is 1. The molecule has 1 saturated carbocycles. The summed E-state index contributed by atoms with van der Waals surface area (Å²) in [5, 5.41) is 10.4. The van der Waals surface area contributed by atoms with Crippen LogP contribution in [0.4, 0.5) is 4.39 Å². The smallest absolute Gasteiger partial charge is 0.145 e. The maximum atomic E-state index is 13.8. The molecule has 4 heteroatoms. The molecular formula is C14H18ClFO2. The van der Waals surface area contributed by atoms with E-state index in [-0.39, 0.29) is 11.4 Å². The first-order valence-corrected chi connectivity index (χ1v) is 6.63. The van der Waals surface area contributed by atoms with Gasteiger partial charge in [0.25, 0.3) is 0 Å². The lowest BCUT2D eigenvalue weighted by molar-refractivity contribution is -0.0973. The molecule has 1 unspecified atom stereocenters. The molecule has 1 fully saturated rings. The van der Waals surface area contributed by atoms with Gasteiger partial charge in [0.05, 0.1) is 16.7 Å². The van der Waals surface area contributed by atoms with Crippen molar-refractivity contribution in [3.63, 3.8) is 0 Å². The Bertz CT molecular complexity index is 416. The number of rotatable bonds is 4. The van der Waals surface area contributed by atoms with Crippen molar-refractivity contribution in [2.24, 2.45) is 0 Å². The molecule has 0 aliphatic heterocycles. The van der Waals surface area contributed by atoms with Crippen LogP contribution >= 0.6 is 11.6 Å². The maximum Gasteiger partial charge on any atom is 0.145 e. The highest BCUT2D eigenvalue weighted by Gasteiger charge is 2.40. The zero-order valence-corrected chi connectivity index (χ0v) is 11.2. The van der Waals surface area contributed by atoms with E-state index in [9.17, 15) is 9.50 Å². The highest BCUT2D eigenvalue weighted by atomic mass is 35.5. The first kappa shape index (κ1) is 13.8. The summed E-state index contributed by atoms with van der Waals surface area (Å²) in [6.07, 6.45) is 3.28. The zero-order chi connectivity index (χ0) is 13.2. The Labute approximate surface area is 112 Å². The molecule has 1 aromatic rings. The van der Waals surface area contributed by atoms with Crippen molar-refractivity contribution >= 4 is 11.6 Å². The molecule has 0 saturated heterocycles. The Hall–Kier alpha value is -0.640. The Morgan fingerprint density at radius 1 is 1.44 bits per heavy atom. The van der Waals surface area contributed by atoms with E-state index in [4.69, 9.17) is 16.3 Å². The summed E-state index contributed by atoms with van der Waals surface area (Å²) in [5.41, 5.74) is -0.0762. The third-order valence-electron chi connectivity index (χ3n) is 3.91. The van der Waals surface area contributed by atoms with Crippen molar-refractivity contribution in [2.45, 2.75) is 43.8 Å². The Morgan fingerprint density at radius 2 is 2.11 bits per heavy atom. The van der Waals surface area contributed by atoms with E-state index in [1.54, 1.807) is 19.2 Å². The number of benzene rings is 1. The average Bonchev–Trinajstić information content (AvgIpc) is 2.85. The Kier molecular flexibility index (Phi) is 4.25. The van der Waals surface area contributed by atoms with Gasteiger partial charge in [0.2, 0.25) is 0 Å². The van der Waals surface area contributed by atoms with Crippen LogP contribution in [0, 0.1) is 5.82 Å². The van der Waals surface area contributed by atoms with Crippen LogP contribution in [-0.4, -0.2) is 23.9 Å². The predicted molar refractivity (Wildman–Crippen MR) is 69.3 cm³/mol. The number of ether oxygens (including phenoxy) is 1. The average molecular weight is 273 g/mol. The summed E-state index contributed by atoms with van der Waals surface area (Å²) in [4.78, 5) is 0. The minimum absolute atomic E-state index is 0.0950. The van der Waals surface area contributed by atoms with Crippen LogP contribution in [0.1, 0.15) is 31.2 Å². The summed E-state index contributed by atoms with van der Waals surface area (Å²) in [5.74, 6) is -0.442. The molecule has 18 heavy (non-hydrogen) atoms. The molecule has 1 aliphatic rings. The quantitative estimate of drug-likeness (QED) is 0.911. The molecule has 0 bridgehead atoms.